The van der Waals surface area contributed by atoms with Crippen LogP contribution in [0, 0.1) is 11.6 Å². The lowest BCUT2D eigenvalue weighted by molar-refractivity contribution is 0.574. The zero-order chi connectivity index (χ0) is 15.5. The Morgan fingerprint density at radius 1 is 1.05 bits per heavy atom. The Morgan fingerprint density at radius 3 is 2.43 bits per heavy atom. The number of sulfonamides is 1. The molecule has 2 aromatic rings. The van der Waals surface area contributed by atoms with Crippen LogP contribution in [-0.4, -0.2) is 8.42 Å². The number of benzene rings is 2. The molecule has 3 N–H and O–H groups in total. The van der Waals surface area contributed by atoms with Gasteiger partial charge in [0, 0.05) is 13.1 Å². The lowest BCUT2D eigenvalue weighted by atomic mass is 10.2. The highest BCUT2D eigenvalue weighted by atomic mass is 32.2. The molecule has 112 valence electrons. The standard InChI is InChI=1S/C14H14F2N2O2S/c15-12-3-1-2-10(6-12)9-18-21(19,20)14-7-13(16)5-4-11(14)8-17/h1-7,18H,8-9,17H2. The second-order valence-electron chi connectivity index (χ2n) is 4.41. The highest BCUT2D eigenvalue weighted by Gasteiger charge is 2.18. The van der Waals surface area contributed by atoms with E-state index in [0.717, 1.165) is 12.1 Å². The lowest BCUT2D eigenvalue weighted by Gasteiger charge is -2.11. The normalized spacial score (nSPS) is 11.6. The van der Waals surface area contributed by atoms with Crippen molar-refractivity contribution in [2.45, 2.75) is 18.0 Å². The van der Waals surface area contributed by atoms with Crippen molar-refractivity contribution in [3.05, 3.63) is 65.2 Å². The van der Waals surface area contributed by atoms with E-state index in [2.05, 4.69) is 4.72 Å². The number of nitrogens with two attached hydrogens (primary N) is 1. The zero-order valence-corrected chi connectivity index (χ0v) is 11.8. The van der Waals surface area contributed by atoms with E-state index in [1.54, 1.807) is 6.07 Å². The van der Waals surface area contributed by atoms with Gasteiger partial charge in [-0.25, -0.2) is 21.9 Å². The Balaban J connectivity index is 2.24. The Morgan fingerprint density at radius 2 is 1.76 bits per heavy atom. The molecule has 7 heteroatoms. The fourth-order valence-electron chi connectivity index (χ4n) is 1.85. The average molecular weight is 312 g/mol. The first-order chi connectivity index (χ1) is 9.92. The van der Waals surface area contributed by atoms with Crippen LogP contribution in [0.2, 0.25) is 0 Å². The van der Waals surface area contributed by atoms with Crippen molar-refractivity contribution in [1.29, 1.82) is 0 Å². The maximum absolute atomic E-state index is 13.2. The molecular weight excluding hydrogens is 298 g/mol. The van der Waals surface area contributed by atoms with Gasteiger partial charge in [0.15, 0.2) is 0 Å². The van der Waals surface area contributed by atoms with E-state index in [4.69, 9.17) is 5.73 Å². The highest BCUT2D eigenvalue weighted by molar-refractivity contribution is 7.89. The van der Waals surface area contributed by atoms with Crippen molar-refractivity contribution >= 4 is 10.0 Å². The fraction of sp³-hybridized carbons (Fsp3) is 0.143. The number of hydrogen-bond donors (Lipinski definition) is 2. The molecule has 0 aliphatic rings. The van der Waals surface area contributed by atoms with Crippen molar-refractivity contribution in [3.63, 3.8) is 0 Å². The summed E-state index contributed by atoms with van der Waals surface area (Å²) in [6, 6.07) is 8.93. The maximum atomic E-state index is 13.2. The molecule has 0 fully saturated rings. The van der Waals surface area contributed by atoms with Gasteiger partial charge >= 0.3 is 0 Å². The second-order valence-corrected chi connectivity index (χ2v) is 6.15. The number of halogens is 2. The van der Waals surface area contributed by atoms with Crippen LogP contribution in [0.15, 0.2) is 47.4 Å². The smallest absolute Gasteiger partial charge is 0.241 e. The molecule has 0 radical (unpaired) electrons. The lowest BCUT2D eigenvalue weighted by Crippen LogP contribution is -2.25. The Labute approximate surface area is 121 Å². The third kappa shape index (κ3) is 3.84. The number of nitrogens with one attached hydrogen (secondary N) is 1. The summed E-state index contributed by atoms with van der Waals surface area (Å²) >= 11 is 0. The molecule has 4 nitrogen and oxygen atoms in total. The molecule has 0 saturated heterocycles. The van der Waals surface area contributed by atoms with Crippen LogP contribution in [0.5, 0.6) is 0 Å². The topological polar surface area (TPSA) is 72.2 Å². The molecule has 0 saturated carbocycles. The van der Waals surface area contributed by atoms with Gasteiger partial charge in [-0.1, -0.05) is 18.2 Å². The third-order valence-electron chi connectivity index (χ3n) is 2.89. The Hall–Kier alpha value is -1.83. The molecular formula is C14H14F2N2O2S. The molecule has 21 heavy (non-hydrogen) atoms. The van der Waals surface area contributed by atoms with Gasteiger partial charge in [0.1, 0.15) is 11.6 Å². The SMILES string of the molecule is NCc1ccc(F)cc1S(=O)(=O)NCc1cccc(F)c1. The first-order valence-corrected chi connectivity index (χ1v) is 7.63. The minimum absolute atomic E-state index is 0.0313. The quantitative estimate of drug-likeness (QED) is 0.886. The van der Waals surface area contributed by atoms with Gasteiger partial charge in [-0.2, -0.15) is 0 Å². The van der Waals surface area contributed by atoms with Crippen LogP contribution in [0.4, 0.5) is 8.78 Å². The van der Waals surface area contributed by atoms with E-state index in [9.17, 15) is 17.2 Å². The van der Waals surface area contributed by atoms with Gasteiger partial charge in [-0.15, -0.1) is 0 Å². The highest BCUT2D eigenvalue weighted by Crippen LogP contribution is 2.17. The second kappa shape index (κ2) is 6.30. The maximum Gasteiger partial charge on any atom is 0.241 e. The predicted octanol–water partition coefficient (Wildman–Crippen LogP) is 1.90. The Bertz CT molecular complexity index is 748. The summed E-state index contributed by atoms with van der Waals surface area (Å²) in [6.45, 7) is -0.128. The summed E-state index contributed by atoms with van der Waals surface area (Å²) in [5, 5.41) is 0. The fourth-order valence-corrected chi connectivity index (χ4v) is 3.13. The summed E-state index contributed by atoms with van der Waals surface area (Å²) < 4.78 is 53.0. The monoisotopic (exact) mass is 312 g/mol. The molecule has 0 aromatic heterocycles. The van der Waals surface area contributed by atoms with Crippen molar-refractivity contribution in [1.82, 2.24) is 4.72 Å². The number of hydrogen-bond acceptors (Lipinski definition) is 3. The molecule has 0 aliphatic heterocycles. The van der Waals surface area contributed by atoms with Crippen LogP contribution in [0.3, 0.4) is 0 Å². The van der Waals surface area contributed by atoms with Gasteiger partial charge in [0.05, 0.1) is 4.90 Å². The van der Waals surface area contributed by atoms with Crippen molar-refractivity contribution < 1.29 is 17.2 Å². The molecule has 0 atom stereocenters. The van der Waals surface area contributed by atoms with E-state index in [1.165, 1.54) is 24.3 Å². The van der Waals surface area contributed by atoms with Crippen LogP contribution in [-0.2, 0) is 23.1 Å². The molecule has 0 heterocycles. The summed E-state index contributed by atoms with van der Waals surface area (Å²) in [5.41, 5.74) is 6.23. The van der Waals surface area contributed by atoms with Crippen molar-refractivity contribution in [3.8, 4) is 0 Å². The minimum atomic E-state index is -3.93. The minimum Gasteiger partial charge on any atom is -0.326 e. The Kier molecular flexibility index (Phi) is 4.66. The van der Waals surface area contributed by atoms with Crippen LogP contribution >= 0.6 is 0 Å². The molecule has 0 bridgehead atoms. The van der Waals surface area contributed by atoms with Crippen molar-refractivity contribution in [2.24, 2.45) is 5.73 Å². The first-order valence-electron chi connectivity index (χ1n) is 6.15. The number of rotatable bonds is 5. The molecule has 0 amide bonds. The van der Waals surface area contributed by atoms with Gasteiger partial charge in [-0.3, -0.25) is 0 Å². The molecule has 2 rings (SSSR count). The van der Waals surface area contributed by atoms with E-state index < -0.39 is 21.7 Å². The summed E-state index contributed by atoms with van der Waals surface area (Å²) in [4.78, 5) is -0.207. The summed E-state index contributed by atoms with van der Waals surface area (Å²) in [6.07, 6.45) is 0. The van der Waals surface area contributed by atoms with E-state index in [-0.39, 0.29) is 18.0 Å². The molecule has 0 unspecified atom stereocenters. The largest absolute Gasteiger partial charge is 0.326 e. The van der Waals surface area contributed by atoms with Crippen LogP contribution in [0.1, 0.15) is 11.1 Å². The third-order valence-corrected chi connectivity index (χ3v) is 4.38. The van der Waals surface area contributed by atoms with E-state index in [0.29, 0.717) is 11.1 Å². The summed E-state index contributed by atoms with van der Waals surface area (Å²) in [5.74, 6) is -1.13. The van der Waals surface area contributed by atoms with Gasteiger partial charge in [0.2, 0.25) is 10.0 Å². The van der Waals surface area contributed by atoms with Crippen LogP contribution in [0.25, 0.3) is 0 Å². The van der Waals surface area contributed by atoms with Gasteiger partial charge in [0.25, 0.3) is 0 Å². The molecule has 2 aromatic carbocycles. The predicted molar refractivity (Wildman–Crippen MR) is 74.7 cm³/mol. The summed E-state index contributed by atoms with van der Waals surface area (Å²) in [7, 11) is -3.93. The van der Waals surface area contributed by atoms with Crippen LogP contribution < -0.4 is 10.5 Å². The van der Waals surface area contributed by atoms with E-state index >= 15 is 0 Å². The van der Waals surface area contributed by atoms with Gasteiger partial charge in [-0.05, 0) is 35.4 Å². The molecule has 0 aliphatic carbocycles. The molecule has 0 spiro atoms. The van der Waals surface area contributed by atoms with Gasteiger partial charge < -0.3 is 5.73 Å². The van der Waals surface area contributed by atoms with Crippen molar-refractivity contribution in [2.75, 3.05) is 0 Å². The average Bonchev–Trinajstić information content (AvgIpc) is 2.45. The van der Waals surface area contributed by atoms with E-state index in [1.807, 2.05) is 0 Å². The first kappa shape index (κ1) is 15.6. The zero-order valence-electron chi connectivity index (χ0n) is 11.0.